The Kier molecular flexibility index (Phi) is 4.30. The molecule has 1 atom stereocenters. The first-order valence-electron chi connectivity index (χ1n) is 8.16. The van der Waals surface area contributed by atoms with Crippen molar-refractivity contribution in [2.45, 2.75) is 13.0 Å². The molecule has 1 aromatic heterocycles. The topological polar surface area (TPSA) is 58.1 Å². The van der Waals surface area contributed by atoms with Crippen LogP contribution in [0.5, 0.6) is 11.5 Å². The Bertz CT molecular complexity index is 713. The van der Waals surface area contributed by atoms with Crippen LogP contribution in [0.15, 0.2) is 23.6 Å². The average Bonchev–Trinajstić information content (AvgIpc) is 3.23. The molecule has 4 rings (SSSR count). The highest BCUT2D eigenvalue weighted by molar-refractivity contribution is 7.13. The van der Waals surface area contributed by atoms with E-state index in [0.29, 0.717) is 6.54 Å². The normalized spacial score (nSPS) is 18.8. The second kappa shape index (κ2) is 6.58. The molecule has 3 heterocycles. The van der Waals surface area contributed by atoms with Gasteiger partial charge in [-0.3, -0.25) is 4.90 Å². The Morgan fingerprint density at radius 2 is 2.00 bits per heavy atom. The lowest BCUT2D eigenvalue weighted by Gasteiger charge is -2.35. The molecular weight excluding hydrogens is 326 g/mol. The summed E-state index contributed by atoms with van der Waals surface area (Å²) in [7, 11) is 0. The maximum Gasteiger partial charge on any atom is 0.231 e. The van der Waals surface area contributed by atoms with Crippen molar-refractivity contribution in [1.29, 1.82) is 0 Å². The molecule has 1 saturated heterocycles. The third-order valence-corrected chi connectivity index (χ3v) is 5.48. The van der Waals surface area contributed by atoms with Crippen LogP contribution < -0.4 is 14.4 Å². The van der Waals surface area contributed by atoms with E-state index >= 15 is 0 Å². The van der Waals surface area contributed by atoms with Crippen LogP contribution in [0.25, 0.3) is 0 Å². The number of β-amino-alcohol motifs (C(OH)–C–C–N with tert-alkyl or cyclic N) is 1. The summed E-state index contributed by atoms with van der Waals surface area (Å²) in [5.74, 6) is 1.47. The molecule has 0 amide bonds. The number of aromatic nitrogens is 1. The minimum absolute atomic E-state index is 0.257. The van der Waals surface area contributed by atoms with E-state index in [1.807, 2.05) is 25.1 Å². The van der Waals surface area contributed by atoms with Crippen molar-refractivity contribution < 1.29 is 14.6 Å². The maximum absolute atomic E-state index is 10.5. The molecule has 128 valence electrons. The van der Waals surface area contributed by atoms with Crippen molar-refractivity contribution in [3.8, 4) is 11.5 Å². The Morgan fingerprint density at radius 1 is 1.21 bits per heavy atom. The number of aliphatic hydroxyl groups is 1. The van der Waals surface area contributed by atoms with E-state index in [1.165, 1.54) is 0 Å². The van der Waals surface area contributed by atoms with Crippen LogP contribution in [0, 0.1) is 6.92 Å². The van der Waals surface area contributed by atoms with Gasteiger partial charge < -0.3 is 19.5 Å². The highest BCUT2D eigenvalue weighted by atomic mass is 32.1. The van der Waals surface area contributed by atoms with Crippen LogP contribution in [0.2, 0.25) is 0 Å². The van der Waals surface area contributed by atoms with Crippen molar-refractivity contribution in [1.82, 2.24) is 9.88 Å². The summed E-state index contributed by atoms with van der Waals surface area (Å²) >= 11 is 1.70. The lowest BCUT2D eigenvalue weighted by atomic mass is 10.1. The molecule has 24 heavy (non-hydrogen) atoms. The molecular formula is C17H21N3O3S. The monoisotopic (exact) mass is 347 g/mol. The number of nitrogens with zero attached hydrogens (tertiary/aromatic N) is 3. The number of benzene rings is 1. The van der Waals surface area contributed by atoms with Gasteiger partial charge in [0.25, 0.3) is 0 Å². The fraction of sp³-hybridized carbons (Fsp3) is 0.471. The van der Waals surface area contributed by atoms with Crippen LogP contribution in [0.3, 0.4) is 0 Å². The van der Waals surface area contributed by atoms with E-state index in [9.17, 15) is 5.11 Å². The Balaban J connectivity index is 1.33. The lowest BCUT2D eigenvalue weighted by molar-refractivity contribution is 0.109. The Morgan fingerprint density at radius 3 is 2.75 bits per heavy atom. The second-order valence-corrected chi connectivity index (χ2v) is 7.02. The van der Waals surface area contributed by atoms with Crippen LogP contribution in [-0.4, -0.2) is 54.5 Å². The van der Waals surface area contributed by atoms with Gasteiger partial charge in [0.1, 0.15) is 0 Å². The number of fused-ring (bicyclic) bond motifs is 1. The van der Waals surface area contributed by atoms with Gasteiger partial charge in [0, 0.05) is 38.1 Å². The summed E-state index contributed by atoms with van der Waals surface area (Å²) in [5.41, 5.74) is 1.95. The number of ether oxygens (including phenoxy) is 2. The molecule has 6 nitrogen and oxygen atoms in total. The smallest absolute Gasteiger partial charge is 0.231 e. The van der Waals surface area contributed by atoms with Crippen molar-refractivity contribution >= 4 is 16.5 Å². The maximum atomic E-state index is 10.5. The Hall–Kier alpha value is -1.83. The zero-order valence-corrected chi connectivity index (χ0v) is 14.5. The van der Waals surface area contributed by atoms with Gasteiger partial charge in [0.2, 0.25) is 6.79 Å². The summed E-state index contributed by atoms with van der Waals surface area (Å²) in [4.78, 5) is 9.17. The molecule has 1 fully saturated rings. The van der Waals surface area contributed by atoms with E-state index in [2.05, 4.69) is 20.2 Å². The highest BCUT2D eigenvalue weighted by Crippen LogP contribution is 2.34. The zero-order valence-electron chi connectivity index (χ0n) is 13.6. The molecule has 1 aromatic carbocycles. The number of aryl methyl sites for hydroxylation is 1. The van der Waals surface area contributed by atoms with Crippen molar-refractivity contribution in [3.63, 3.8) is 0 Å². The third-order valence-electron chi connectivity index (χ3n) is 4.46. The van der Waals surface area contributed by atoms with Crippen LogP contribution in [-0.2, 0) is 0 Å². The lowest BCUT2D eigenvalue weighted by Crippen LogP contribution is -2.47. The van der Waals surface area contributed by atoms with E-state index in [4.69, 9.17) is 9.47 Å². The zero-order chi connectivity index (χ0) is 16.5. The largest absolute Gasteiger partial charge is 0.454 e. The summed E-state index contributed by atoms with van der Waals surface area (Å²) in [6.45, 7) is 6.66. The fourth-order valence-corrected chi connectivity index (χ4v) is 3.94. The number of aliphatic hydroxyl groups excluding tert-OH is 1. The number of rotatable bonds is 4. The molecule has 2 aromatic rings. The number of anilines is 1. The SMILES string of the molecule is Cc1csc(N2CCN(CC(O)c3ccc4c(c3)OCO4)CC2)n1. The first kappa shape index (κ1) is 15.7. The predicted molar refractivity (Wildman–Crippen MR) is 93.0 cm³/mol. The molecule has 1 unspecified atom stereocenters. The first-order chi connectivity index (χ1) is 11.7. The van der Waals surface area contributed by atoms with Gasteiger partial charge in [-0.2, -0.15) is 0 Å². The number of hydrogen-bond acceptors (Lipinski definition) is 7. The first-order valence-corrected chi connectivity index (χ1v) is 9.04. The number of piperazine rings is 1. The second-order valence-electron chi connectivity index (χ2n) is 6.19. The van der Waals surface area contributed by atoms with Gasteiger partial charge in [-0.25, -0.2) is 4.98 Å². The molecule has 0 spiro atoms. The van der Waals surface area contributed by atoms with Gasteiger partial charge in [-0.15, -0.1) is 11.3 Å². The summed E-state index contributed by atoms with van der Waals surface area (Å²) in [5, 5.41) is 13.7. The van der Waals surface area contributed by atoms with Gasteiger partial charge in [-0.1, -0.05) is 6.07 Å². The van der Waals surface area contributed by atoms with Crippen molar-refractivity contribution in [2.75, 3.05) is 44.4 Å². The van der Waals surface area contributed by atoms with E-state index in [-0.39, 0.29) is 6.79 Å². The van der Waals surface area contributed by atoms with Gasteiger partial charge in [-0.05, 0) is 24.6 Å². The van der Waals surface area contributed by atoms with E-state index in [1.54, 1.807) is 11.3 Å². The van der Waals surface area contributed by atoms with Crippen molar-refractivity contribution in [3.05, 3.63) is 34.8 Å². The van der Waals surface area contributed by atoms with Gasteiger partial charge >= 0.3 is 0 Å². The van der Waals surface area contributed by atoms with E-state index in [0.717, 1.165) is 54.1 Å². The molecule has 2 aliphatic heterocycles. The number of hydrogen-bond donors (Lipinski definition) is 1. The Labute approximate surface area is 145 Å². The number of thiazole rings is 1. The van der Waals surface area contributed by atoms with Crippen LogP contribution in [0.1, 0.15) is 17.4 Å². The predicted octanol–water partition coefficient (Wildman–Crippen LogP) is 2.04. The summed E-state index contributed by atoms with van der Waals surface area (Å²) in [6.07, 6.45) is -0.520. The van der Waals surface area contributed by atoms with E-state index < -0.39 is 6.10 Å². The summed E-state index contributed by atoms with van der Waals surface area (Å²) in [6, 6.07) is 5.65. The van der Waals surface area contributed by atoms with Gasteiger partial charge in [0.15, 0.2) is 16.6 Å². The quantitative estimate of drug-likeness (QED) is 0.913. The molecule has 0 bridgehead atoms. The van der Waals surface area contributed by atoms with Crippen molar-refractivity contribution in [2.24, 2.45) is 0 Å². The molecule has 2 aliphatic rings. The average molecular weight is 347 g/mol. The summed E-state index contributed by atoms with van der Waals surface area (Å²) < 4.78 is 10.7. The fourth-order valence-electron chi connectivity index (χ4n) is 3.08. The standard InChI is InChI=1S/C17H21N3O3S/c1-12-10-24-17(18-12)20-6-4-19(5-7-20)9-14(21)13-2-3-15-16(8-13)23-11-22-15/h2-3,8,10,14,21H,4-7,9,11H2,1H3. The highest BCUT2D eigenvalue weighted by Gasteiger charge is 2.23. The van der Waals surface area contributed by atoms with Gasteiger partial charge in [0.05, 0.1) is 11.8 Å². The molecule has 0 saturated carbocycles. The molecule has 0 aliphatic carbocycles. The van der Waals surface area contributed by atoms with Crippen LogP contribution >= 0.6 is 11.3 Å². The molecule has 0 radical (unpaired) electrons. The van der Waals surface area contributed by atoms with Crippen LogP contribution in [0.4, 0.5) is 5.13 Å². The molecule has 7 heteroatoms. The minimum Gasteiger partial charge on any atom is -0.454 e. The third kappa shape index (κ3) is 3.19. The molecule has 1 N–H and O–H groups in total. The minimum atomic E-state index is -0.520.